The van der Waals surface area contributed by atoms with Crippen LogP contribution in [0.4, 0.5) is 10.1 Å². The van der Waals surface area contributed by atoms with E-state index in [2.05, 4.69) is 29.6 Å². The highest BCUT2D eigenvalue weighted by molar-refractivity contribution is 5.73. The number of carbonyl (C=O) groups is 1. The number of benzene rings is 2. The van der Waals surface area contributed by atoms with Gasteiger partial charge < -0.3 is 15.3 Å². The van der Waals surface area contributed by atoms with Gasteiger partial charge >= 0.3 is 5.97 Å². The Kier molecular flexibility index (Phi) is 5.71. The van der Waals surface area contributed by atoms with Gasteiger partial charge in [-0.15, -0.1) is 0 Å². The number of aliphatic carboxylic acids is 1. The van der Waals surface area contributed by atoms with E-state index in [0.717, 1.165) is 12.1 Å². The molecule has 0 fully saturated rings. The maximum Gasteiger partial charge on any atom is 0.323 e. The average molecular weight is 316 g/mol. The Hall–Kier alpha value is -2.40. The lowest BCUT2D eigenvalue weighted by atomic mass is 10.1. The second kappa shape index (κ2) is 7.74. The number of nitrogens with one attached hydrogen (secondary N) is 1. The van der Waals surface area contributed by atoms with Crippen molar-refractivity contribution in [2.24, 2.45) is 0 Å². The summed E-state index contributed by atoms with van der Waals surface area (Å²) in [6, 6.07) is 13.0. The first kappa shape index (κ1) is 17.0. The lowest BCUT2D eigenvalue weighted by molar-refractivity contribution is -0.135. The van der Waals surface area contributed by atoms with Crippen LogP contribution >= 0.6 is 0 Å². The van der Waals surface area contributed by atoms with E-state index in [4.69, 9.17) is 5.11 Å². The minimum absolute atomic E-state index is 0.239. The van der Waals surface area contributed by atoms with E-state index in [9.17, 15) is 9.18 Å². The summed E-state index contributed by atoms with van der Waals surface area (Å²) in [7, 11) is 1.57. The summed E-state index contributed by atoms with van der Waals surface area (Å²) >= 11 is 0. The second-order valence-electron chi connectivity index (χ2n) is 5.62. The van der Waals surface area contributed by atoms with E-state index < -0.39 is 11.8 Å². The number of likely N-dealkylation sites (N-methyl/N-ethyl adjacent to an activating group) is 1. The summed E-state index contributed by atoms with van der Waals surface area (Å²) < 4.78 is 13.8. The second-order valence-corrected chi connectivity index (χ2v) is 5.62. The molecular formula is C18H21FN2O2. The Bertz CT molecular complexity index is 671. The number of hydrogen-bond acceptors (Lipinski definition) is 3. The highest BCUT2D eigenvalue weighted by atomic mass is 19.1. The van der Waals surface area contributed by atoms with Gasteiger partial charge in [-0.3, -0.25) is 4.79 Å². The van der Waals surface area contributed by atoms with E-state index in [0.29, 0.717) is 12.2 Å². The van der Waals surface area contributed by atoms with Crippen LogP contribution < -0.4 is 10.2 Å². The number of carboxylic acid groups (broad SMARTS) is 1. The molecular weight excluding hydrogens is 295 g/mol. The van der Waals surface area contributed by atoms with Crippen molar-refractivity contribution in [1.29, 1.82) is 0 Å². The number of carboxylic acids is 1. The Balaban J connectivity index is 1.97. The van der Waals surface area contributed by atoms with E-state index in [1.807, 2.05) is 6.92 Å². The normalized spacial score (nSPS) is 10.6. The molecule has 0 radical (unpaired) electrons. The van der Waals surface area contributed by atoms with Crippen LogP contribution in [0.3, 0.4) is 0 Å². The molecule has 0 atom stereocenters. The molecule has 0 spiro atoms. The molecule has 2 N–H and O–H groups in total. The summed E-state index contributed by atoms with van der Waals surface area (Å²) in [5.74, 6) is -1.41. The zero-order valence-electron chi connectivity index (χ0n) is 13.3. The van der Waals surface area contributed by atoms with Crippen LogP contribution in [-0.2, 0) is 17.9 Å². The third kappa shape index (κ3) is 5.07. The molecule has 4 nitrogen and oxygen atoms in total. The molecule has 0 aromatic heterocycles. The first-order valence-electron chi connectivity index (χ1n) is 7.43. The molecule has 2 aromatic carbocycles. The largest absolute Gasteiger partial charge is 0.480 e. The van der Waals surface area contributed by atoms with Gasteiger partial charge in [-0.1, -0.05) is 35.9 Å². The number of nitrogens with zero attached hydrogens (tertiary/aromatic N) is 1. The van der Waals surface area contributed by atoms with Gasteiger partial charge in [0.1, 0.15) is 12.4 Å². The number of anilines is 1. The third-order valence-corrected chi connectivity index (χ3v) is 3.57. The highest BCUT2D eigenvalue weighted by Crippen LogP contribution is 2.20. The van der Waals surface area contributed by atoms with Gasteiger partial charge in [0.25, 0.3) is 0 Å². The summed E-state index contributed by atoms with van der Waals surface area (Å²) in [6.07, 6.45) is 0. The minimum atomic E-state index is -0.991. The number of aryl methyl sites for hydroxylation is 1. The van der Waals surface area contributed by atoms with Gasteiger partial charge in [-0.05, 0) is 30.2 Å². The van der Waals surface area contributed by atoms with Gasteiger partial charge in [0.05, 0.1) is 5.69 Å². The number of halogens is 1. The van der Waals surface area contributed by atoms with Crippen molar-refractivity contribution in [3.05, 3.63) is 65.0 Å². The van der Waals surface area contributed by atoms with Crippen LogP contribution in [0, 0.1) is 12.7 Å². The number of hydrogen-bond donors (Lipinski definition) is 2. The molecule has 0 saturated carbocycles. The molecule has 0 saturated heterocycles. The topological polar surface area (TPSA) is 52.6 Å². The van der Waals surface area contributed by atoms with Crippen LogP contribution in [-0.4, -0.2) is 24.7 Å². The lowest BCUT2D eigenvalue weighted by Crippen LogP contribution is -2.26. The zero-order valence-corrected chi connectivity index (χ0v) is 13.3. The average Bonchev–Trinajstić information content (AvgIpc) is 2.50. The Morgan fingerprint density at radius 1 is 1.13 bits per heavy atom. The van der Waals surface area contributed by atoms with Crippen LogP contribution in [0.2, 0.25) is 0 Å². The van der Waals surface area contributed by atoms with Crippen molar-refractivity contribution in [3.8, 4) is 0 Å². The Morgan fingerprint density at radius 2 is 1.74 bits per heavy atom. The molecule has 0 amide bonds. The van der Waals surface area contributed by atoms with Crippen molar-refractivity contribution in [1.82, 2.24) is 5.32 Å². The maximum atomic E-state index is 13.8. The molecule has 0 unspecified atom stereocenters. The van der Waals surface area contributed by atoms with Crippen LogP contribution in [0.25, 0.3) is 0 Å². The molecule has 2 aromatic rings. The van der Waals surface area contributed by atoms with Crippen molar-refractivity contribution in [2.45, 2.75) is 20.0 Å². The van der Waals surface area contributed by atoms with E-state index in [1.54, 1.807) is 19.2 Å². The first-order chi connectivity index (χ1) is 11.0. The molecule has 0 aliphatic carbocycles. The van der Waals surface area contributed by atoms with Gasteiger partial charge in [0, 0.05) is 20.1 Å². The monoisotopic (exact) mass is 316 g/mol. The summed E-state index contributed by atoms with van der Waals surface area (Å²) in [5.41, 5.74) is 3.60. The summed E-state index contributed by atoms with van der Waals surface area (Å²) in [6.45, 7) is 3.11. The van der Waals surface area contributed by atoms with Crippen molar-refractivity contribution < 1.29 is 14.3 Å². The SMILES string of the molecule is Cc1ccc(CNCc2ccc(F)c(N(C)CC(=O)O)c2)cc1. The van der Waals surface area contributed by atoms with E-state index in [1.165, 1.54) is 22.1 Å². The van der Waals surface area contributed by atoms with Gasteiger partial charge in [0.2, 0.25) is 0 Å². The molecule has 0 aliphatic heterocycles. The molecule has 2 rings (SSSR count). The molecule has 5 heteroatoms. The predicted molar refractivity (Wildman–Crippen MR) is 89.0 cm³/mol. The molecule has 0 heterocycles. The van der Waals surface area contributed by atoms with Crippen LogP contribution in [0.15, 0.2) is 42.5 Å². The highest BCUT2D eigenvalue weighted by Gasteiger charge is 2.11. The van der Waals surface area contributed by atoms with E-state index in [-0.39, 0.29) is 6.54 Å². The molecule has 122 valence electrons. The molecule has 0 aliphatic rings. The van der Waals surface area contributed by atoms with Crippen molar-refractivity contribution in [3.63, 3.8) is 0 Å². The van der Waals surface area contributed by atoms with Crippen molar-refractivity contribution in [2.75, 3.05) is 18.5 Å². The fraction of sp³-hybridized carbons (Fsp3) is 0.278. The maximum absolute atomic E-state index is 13.8. The minimum Gasteiger partial charge on any atom is -0.480 e. The Morgan fingerprint density at radius 3 is 2.39 bits per heavy atom. The van der Waals surface area contributed by atoms with E-state index >= 15 is 0 Å². The quantitative estimate of drug-likeness (QED) is 0.824. The molecule has 23 heavy (non-hydrogen) atoms. The smallest absolute Gasteiger partial charge is 0.323 e. The fourth-order valence-electron chi connectivity index (χ4n) is 2.31. The zero-order chi connectivity index (χ0) is 16.8. The fourth-order valence-corrected chi connectivity index (χ4v) is 2.31. The standard InChI is InChI=1S/C18H21FN2O2/c1-13-3-5-14(6-4-13)10-20-11-15-7-8-16(19)17(9-15)21(2)12-18(22)23/h3-9,20H,10-12H2,1-2H3,(H,22,23). The summed E-state index contributed by atoms with van der Waals surface area (Å²) in [4.78, 5) is 12.1. The van der Waals surface area contributed by atoms with Gasteiger partial charge in [-0.25, -0.2) is 4.39 Å². The number of rotatable bonds is 7. The van der Waals surface area contributed by atoms with Crippen molar-refractivity contribution >= 4 is 11.7 Å². The van der Waals surface area contributed by atoms with Gasteiger partial charge in [0.15, 0.2) is 0 Å². The molecule has 0 bridgehead atoms. The predicted octanol–water partition coefficient (Wildman–Crippen LogP) is 2.94. The lowest BCUT2D eigenvalue weighted by Gasteiger charge is -2.18. The third-order valence-electron chi connectivity index (χ3n) is 3.57. The summed E-state index contributed by atoms with van der Waals surface area (Å²) in [5, 5.41) is 12.1. The van der Waals surface area contributed by atoms with Gasteiger partial charge in [-0.2, -0.15) is 0 Å². The van der Waals surface area contributed by atoms with Crippen LogP contribution in [0.5, 0.6) is 0 Å². The Labute approximate surface area is 135 Å². The van der Waals surface area contributed by atoms with Crippen LogP contribution in [0.1, 0.15) is 16.7 Å². The first-order valence-corrected chi connectivity index (χ1v) is 7.43.